The number of nitrogens with zero attached hydrogens (tertiary/aromatic N) is 3. The van der Waals surface area contributed by atoms with Gasteiger partial charge in [-0.05, 0) is 80.1 Å². The van der Waals surface area contributed by atoms with Crippen molar-refractivity contribution >= 4 is 53.3 Å². The van der Waals surface area contributed by atoms with Crippen LogP contribution in [-0.2, 0) is 20.8 Å². The molecule has 2 amide bonds. The number of methoxy groups -OCH3 is 1. The molecule has 1 saturated heterocycles. The third-order valence-corrected chi connectivity index (χ3v) is 11.6. The highest BCUT2D eigenvalue weighted by molar-refractivity contribution is 6.35. The van der Waals surface area contributed by atoms with Crippen molar-refractivity contribution in [2.45, 2.75) is 44.2 Å². The number of nitrogens with one attached hydrogen (secondary N) is 6. The average molecular weight is 975 g/mol. The van der Waals surface area contributed by atoms with Gasteiger partial charge in [0.2, 0.25) is 5.91 Å². The zero-order valence-corrected chi connectivity index (χ0v) is 38.7. The maximum Gasteiger partial charge on any atom is 0.934 e. The summed E-state index contributed by atoms with van der Waals surface area (Å²) in [6.07, 6.45) is 1.68. The minimum Gasteiger partial charge on any atom is -0.495 e. The quantitative estimate of drug-likeness (QED) is 0.0186. The highest BCUT2D eigenvalue weighted by atomic mass is 19.4. The van der Waals surface area contributed by atoms with E-state index in [1.807, 2.05) is 30.1 Å². The molecule has 70 heavy (non-hydrogen) atoms. The molecule has 14 nitrogen and oxygen atoms in total. The Hall–Kier alpha value is -6.89. The monoisotopic (exact) mass is 974 g/mol. The molecule has 7 rings (SSSR count). The van der Waals surface area contributed by atoms with Gasteiger partial charge in [-0.1, -0.05) is 12.0 Å². The number of hydrogen-bond acceptors (Lipinski definition) is 8. The first-order chi connectivity index (χ1) is 33.8. The van der Waals surface area contributed by atoms with E-state index in [9.17, 15) is 35.8 Å². The van der Waals surface area contributed by atoms with Crippen molar-refractivity contribution < 1.29 is 54.5 Å². The lowest BCUT2D eigenvalue weighted by molar-refractivity contribution is -0.342. The fraction of sp³-hybridized carbons (Fsp3) is 0.367. The Kier molecular flexibility index (Phi) is 17.6. The van der Waals surface area contributed by atoms with Gasteiger partial charge in [-0.2, -0.15) is 13.2 Å². The number of fused-ring (bicyclic) bond motifs is 1. The average Bonchev–Trinajstić information content (AvgIpc) is 4.17. The highest BCUT2D eigenvalue weighted by Crippen LogP contribution is 2.32. The van der Waals surface area contributed by atoms with Gasteiger partial charge in [0.05, 0.1) is 74.4 Å². The third kappa shape index (κ3) is 13.9. The fourth-order valence-electron chi connectivity index (χ4n) is 8.17. The Bertz CT molecular complexity index is 2740. The number of hydrogen-bond donors (Lipinski definition) is 6. The largest absolute Gasteiger partial charge is 0.934 e. The van der Waals surface area contributed by atoms with Crippen molar-refractivity contribution in [3.8, 4) is 29.0 Å². The lowest BCUT2D eigenvalue weighted by atomic mass is 10.0. The van der Waals surface area contributed by atoms with E-state index in [1.54, 1.807) is 73.0 Å². The van der Waals surface area contributed by atoms with Crippen LogP contribution in [0.3, 0.4) is 0 Å². The number of benzene rings is 2. The molecule has 2 aliphatic heterocycles. The molecule has 1 fully saturated rings. The number of carbonyl (C=O) groups excluding carboxylic acids is 2. The van der Waals surface area contributed by atoms with Gasteiger partial charge in [0.25, 0.3) is 5.91 Å². The van der Waals surface area contributed by atoms with Crippen LogP contribution in [0.2, 0.25) is 0 Å². The molecule has 5 heterocycles. The molecule has 0 aliphatic carbocycles. The fourth-order valence-corrected chi connectivity index (χ4v) is 8.17. The summed E-state index contributed by atoms with van der Waals surface area (Å²) in [4.78, 5) is 33.5. The van der Waals surface area contributed by atoms with E-state index in [4.69, 9.17) is 14.2 Å². The lowest BCUT2D eigenvalue weighted by Crippen LogP contribution is -2.46. The second-order valence-electron chi connectivity index (χ2n) is 16.6. The minimum atomic E-state index is -4.51. The summed E-state index contributed by atoms with van der Waals surface area (Å²) in [7, 11) is 0.503. The van der Waals surface area contributed by atoms with E-state index in [-0.39, 0.29) is 83.0 Å². The highest BCUT2D eigenvalue weighted by Gasteiger charge is 2.41. The first-order valence-corrected chi connectivity index (χ1v) is 22.8. The van der Waals surface area contributed by atoms with Gasteiger partial charge in [0.1, 0.15) is 18.5 Å². The van der Waals surface area contributed by atoms with Crippen LogP contribution in [0.1, 0.15) is 41.0 Å². The van der Waals surface area contributed by atoms with E-state index >= 15 is 0 Å². The van der Waals surface area contributed by atoms with Crippen molar-refractivity contribution in [2.75, 3.05) is 83.9 Å². The van der Waals surface area contributed by atoms with Crippen LogP contribution in [0.15, 0.2) is 90.8 Å². The normalized spacial score (nSPS) is 16.7. The number of ether oxygens (including phenoxy) is 3. The molecule has 2 aliphatic rings. The number of H-pyrrole nitrogens is 2. The molecule has 21 heteroatoms. The Balaban J connectivity index is 0.790. The van der Waals surface area contributed by atoms with Gasteiger partial charge in [-0.3, -0.25) is 9.59 Å². The minimum absolute atomic E-state index is 0.0193. The second kappa shape index (κ2) is 24.1. The van der Waals surface area contributed by atoms with E-state index in [0.717, 1.165) is 20.4 Å². The molecule has 0 radical (unpaired) electrons. The predicted molar refractivity (Wildman–Crippen MR) is 258 cm³/mol. The van der Waals surface area contributed by atoms with Crippen LogP contribution in [0.5, 0.6) is 5.75 Å². The molecule has 2 atom stereocenters. The first-order valence-electron chi connectivity index (χ1n) is 22.8. The molecule has 0 saturated carbocycles. The molecule has 370 valence electrons. The van der Waals surface area contributed by atoms with Crippen LogP contribution in [0, 0.1) is 11.8 Å². The number of carbonyl (C=O) groups is 2. The molecule has 0 spiro atoms. The Labute approximate surface area is 401 Å². The Morgan fingerprint density at radius 1 is 0.957 bits per heavy atom. The van der Waals surface area contributed by atoms with Crippen molar-refractivity contribution in [3.05, 3.63) is 108 Å². The Morgan fingerprint density at radius 3 is 2.49 bits per heavy atom. The molecule has 0 bridgehead atoms. The molecule has 2 aromatic carbocycles. The van der Waals surface area contributed by atoms with Crippen LogP contribution < -0.4 is 26.0 Å². The number of anilines is 2. The molecule has 5 aromatic rings. The van der Waals surface area contributed by atoms with Crippen LogP contribution in [0.25, 0.3) is 28.4 Å². The SMILES string of the molecule is COc1cc(C(=O)NCCOCCOCCNC(=O)CCC2=[N+](B(F)F)/C(=C\c3ccc(-c4ccc[nH]4)[nH]3)C=C2)ccc1NCC#Cc1cc2c(N[C@@H]3CCN(C)C[C@@H]3F)cccc2n1CC(F)(F)F. The number of allylic oxidation sites excluding steroid dienone is 2. The summed E-state index contributed by atoms with van der Waals surface area (Å²) in [5.74, 6) is 5.44. The second-order valence-corrected chi connectivity index (χ2v) is 16.6. The standard InChI is InChI=1S/C49H54BF6N9O5/c1-63-23-18-41(39(51)31-63)62-40-7-3-9-45-38(40)30-36(64(45)32-49(52,53)54)6-4-19-58-44-15-10-33(28-46(44)68-2)48(67)60-22-25-70-27-26-69-24-21-59-47(66)17-14-35-12-13-37(65(35)50(55)56)29-34-11-16-43(61-34)42-8-5-20-57-42/h3,5,7-13,15-16,20,28-30,39,41,62H,14,17-19,21-27,31-32H2,1-2H3,(H4,57,58,59,60,61,66,67)/p+1/t39-,41+/m0/s1. The first kappa shape index (κ1) is 51.0. The Morgan fingerprint density at radius 2 is 1.76 bits per heavy atom. The van der Waals surface area contributed by atoms with E-state index in [1.165, 1.54) is 7.11 Å². The van der Waals surface area contributed by atoms with Crippen LogP contribution >= 0.6 is 0 Å². The maximum atomic E-state index is 14.9. The molecule has 6 N–H and O–H groups in total. The van der Waals surface area contributed by atoms with Gasteiger partial charge in [0.15, 0.2) is 11.4 Å². The van der Waals surface area contributed by atoms with Gasteiger partial charge >= 0.3 is 13.6 Å². The van der Waals surface area contributed by atoms with Crippen molar-refractivity contribution in [1.82, 2.24) is 30.1 Å². The van der Waals surface area contributed by atoms with Crippen LogP contribution in [0.4, 0.5) is 37.6 Å². The van der Waals surface area contributed by atoms with Crippen molar-refractivity contribution in [3.63, 3.8) is 0 Å². The summed E-state index contributed by atoms with van der Waals surface area (Å²) in [5.41, 5.74) is 4.88. The summed E-state index contributed by atoms with van der Waals surface area (Å²) in [6.45, 7) is 1.09. The van der Waals surface area contributed by atoms with Crippen molar-refractivity contribution in [2.24, 2.45) is 0 Å². The molecule has 0 unspecified atom stereocenters. The smallest absolute Gasteiger partial charge is 0.495 e. The summed E-state index contributed by atoms with van der Waals surface area (Å²) >= 11 is 0. The number of rotatable bonds is 22. The molecule has 3 aromatic heterocycles. The summed E-state index contributed by atoms with van der Waals surface area (Å²) in [6, 6.07) is 18.3. The lowest BCUT2D eigenvalue weighted by Gasteiger charge is -2.33. The zero-order valence-electron chi connectivity index (χ0n) is 38.7. The van der Waals surface area contributed by atoms with E-state index < -0.39 is 32.3 Å². The van der Waals surface area contributed by atoms with Crippen molar-refractivity contribution in [1.29, 1.82) is 0 Å². The predicted octanol–water partition coefficient (Wildman–Crippen LogP) is 7.10. The number of alkyl halides is 4. The molecular weight excluding hydrogens is 919 g/mol. The van der Waals surface area contributed by atoms with Gasteiger partial charge < -0.3 is 54.9 Å². The number of aromatic nitrogens is 3. The van der Waals surface area contributed by atoms with Gasteiger partial charge in [-0.25, -0.2) is 17.5 Å². The van der Waals surface area contributed by atoms with Crippen LogP contribution in [-0.4, -0.2) is 141 Å². The number of likely N-dealkylation sites (tertiary alicyclic amines) is 1. The number of piperidine rings is 1. The maximum absolute atomic E-state index is 14.9. The number of aromatic amines is 2. The topological polar surface area (TPSA) is 153 Å². The summed E-state index contributed by atoms with van der Waals surface area (Å²) in [5, 5.41) is 12.3. The van der Waals surface area contributed by atoms with E-state index in [0.29, 0.717) is 63.7 Å². The zero-order chi connectivity index (χ0) is 49.6. The van der Waals surface area contributed by atoms with E-state index in [2.05, 4.69) is 43.1 Å². The van der Waals surface area contributed by atoms with Gasteiger partial charge in [-0.15, -0.1) is 0 Å². The molecular formula is C49H55BF6N9O5+. The summed E-state index contributed by atoms with van der Waals surface area (Å²) < 4.78 is 103. The number of amides is 2. The third-order valence-electron chi connectivity index (χ3n) is 11.6. The number of halogens is 6. The van der Waals surface area contributed by atoms with Gasteiger partial charge in [0, 0.05) is 85.8 Å².